The molecule has 0 saturated heterocycles. The molecule has 0 saturated carbocycles. The first-order valence-corrected chi connectivity index (χ1v) is 14.0. The zero-order valence-electron chi connectivity index (χ0n) is 23.4. The van der Waals surface area contributed by atoms with Crippen molar-refractivity contribution in [2.45, 2.75) is 52.6 Å². The van der Waals surface area contributed by atoms with Gasteiger partial charge in [0.1, 0.15) is 11.6 Å². The van der Waals surface area contributed by atoms with E-state index < -0.39 is 11.7 Å². The van der Waals surface area contributed by atoms with E-state index in [9.17, 15) is 13.2 Å². The third-order valence-electron chi connectivity index (χ3n) is 6.98. The molecule has 212 valence electrons. The Morgan fingerprint density at radius 2 is 1.38 bits per heavy atom. The molecule has 40 heavy (non-hydrogen) atoms. The van der Waals surface area contributed by atoms with Crippen molar-refractivity contribution in [3.63, 3.8) is 0 Å². The molecule has 3 aromatic carbocycles. The first-order chi connectivity index (χ1) is 19.3. The van der Waals surface area contributed by atoms with Gasteiger partial charge in [-0.1, -0.05) is 51.5 Å². The Hall–Kier alpha value is -3.65. The van der Waals surface area contributed by atoms with Crippen LogP contribution in [0, 0.1) is 0 Å². The van der Waals surface area contributed by atoms with Gasteiger partial charge >= 0.3 is 6.18 Å². The van der Waals surface area contributed by atoms with E-state index in [0.717, 1.165) is 91.4 Å². The van der Waals surface area contributed by atoms with Crippen LogP contribution in [0.15, 0.2) is 72.8 Å². The van der Waals surface area contributed by atoms with Crippen molar-refractivity contribution in [2.75, 3.05) is 26.2 Å². The molecule has 1 heterocycles. The highest BCUT2D eigenvalue weighted by molar-refractivity contribution is 5.65. The Labute approximate surface area is 234 Å². The Balaban J connectivity index is 1.48. The molecule has 0 aliphatic rings. The average Bonchev–Trinajstić information content (AvgIpc) is 3.40. The minimum absolute atomic E-state index is 0.644. The number of unbranched alkanes of at least 4 members (excludes halogenated alkanes) is 1. The highest BCUT2D eigenvalue weighted by Gasteiger charge is 2.30. The smallest absolute Gasteiger partial charge is 0.416 e. The summed E-state index contributed by atoms with van der Waals surface area (Å²) in [7, 11) is 0. The van der Waals surface area contributed by atoms with Gasteiger partial charge in [0.2, 0.25) is 0 Å². The fourth-order valence-electron chi connectivity index (χ4n) is 4.54. The van der Waals surface area contributed by atoms with Gasteiger partial charge in [-0.25, -0.2) is 9.67 Å². The van der Waals surface area contributed by atoms with Gasteiger partial charge in [0.25, 0.3) is 0 Å². The van der Waals surface area contributed by atoms with Crippen LogP contribution in [0.4, 0.5) is 13.2 Å². The summed E-state index contributed by atoms with van der Waals surface area (Å²) < 4.78 is 46.5. The fraction of sp³-hybridized carbons (Fsp3) is 0.375. The van der Waals surface area contributed by atoms with Crippen molar-refractivity contribution < 1.29 is 17.9 Å². The molecule has 4 aromatic rings. The van der Waals surface area contributed by atoms with Crippen LogP contribution in [0.3, 0.4) is 0 Å². The van der Waals surface area contributed by atoms with Crippen LogP contribution in [-0.2, 0) is 12.6 Å². The zero-order chi connectivity index (χ0) is 28.5. The van der Waals surface area contributed by atoms with Gasteiger partial charge in [-0.05, 0) is 85.6 Å². The van der Waals surface area contributed by atoms with Gasteiger partial charge in [0.15, 0.2) is 5.82 Å². The second-order valence-corrected chi connectivity index (χ2v) is 9.74. The summed E-state index contributed by atoms with van der Waals surface area (Å²) in [6.45, 7) is 10.3. The number of aryl methyl sites for hydroxylation is 1. The van der Waals surface area contributed by atoms with E-state index in [0.29, 0.717) is 12.4 Å². The molecule has 0 atom stereocenters. The van der Waals surface area contributed by atoms with Crippen LogP contribution in [0.5, 0.6) is 5.75 Å². The lowest BCUT2D eigenvalue weighted by Crippen LogP contribution is -2.25. The number of aromatic nitrogens is 3. The first kappa shape index (κ1) is 29.3. The molecule has 0 unspecified atom stereocenters. The molecule has 0 aliphatic carbocycles. The number of nitrogens with zero attached hydrogens (tertiary/aromatic N) is 4. The van der Waals surface area contributed by atoms with Crippen LogP contribution < -0.4 is 4.74 Å². The summed E-state index contributed by atoms with van der Waals surface area (Å²) in [5.74, 6) is 2.34. The number of ether oxygens (including phenoxy) is 1. The summed E-state index contributed by atoms with van der Waals surface area (Å²) in [4.78, 5) is 7.23. The molecule has 0 fully saturated rings. The highest BCUT2D eigenvalue weighted by atomic mass is 19.4. The number of rotatable bonds is 13. The normalized spacial score (nSPS) is 11.8. The maximum Gasteiger partial charge on any atom is 0.416 e. The first-order valence-electron chi connectivity index (χ1n) is 14.0. The predicted octanol–water partition coefficient (Wildman–Crippen LogP) is 8.07. The molecule has 0 bridgehead atoms. The minimum Gasteiger partial charge on any atom is -0.494 e. The summed E-state index contributed by atoms with van der Waals surface area (Å²) in [5.41, 5.74) is 2.67. The summed E-state index contributed by atoms with van der Waals surface area (Å²) in [6.07, 6.45) is -0.552. The average molecular weight is 551 g/mol. The second kappa shape index (κ2) is 13.6. The van der Waals surface area contributed by atoms with Gasteiger partial charge in [-0.15, -0.1) is 5.10 Å². The van der Waals surface area contributed by atoms with Gasteiger partial charge in [-0.3, -0.25) is 0 Å². The lowest BCUT2D eigenvalue weighted by Gasteiger charge is -2.17. The van der Waals surface area contributed by atoms with Crippen LogP contribution in [0.1, 0.15) is 51.4 Å². The maximum absolute atomic E-state index is 12.9. The molecule has 0 spiro atoms. The molecule has 0 amide bonds. The molecule has 4 rings (SSSR count). The van der Waals surface area contributed by atoms with E-state index in [4.69, 9.17) is 14.8 Å². The lowest BCUT2D eigenvalue weighted by atomic mass is 10.0. The fourth-order valence-corrected chi connectivity index (χ4v) is 4.54. The lowest BCUT2D eigenvalue weighted by molar-refractivity contribution is -0.137. The molecule has 0 N–H and O–H groups in total. The zero-order valence-corrected chi connectivity index (χ0v) is 23.4. The van der Waals surface area contributed by atoms with Crippen molar-refractivity contribution in [3.8, 4) is 34.0 Å². The van der Waals surface area contributed by atoms with E-state index in [1.807, 2.05) is 53.2 Å². The topological polar surface area (TPSA) is 43.2 Å². The molecular formula is C32H37F3N4O. The number of benzene rings is 3. The van der Waals surface area contributed by atoms with Crippen molar-refractivity contribution in [2.24, 2.45) is 0 Å². The molecule has 1 aromatic heterocycles. The SMILES string of the molecule is CCCCc1nc(-c2ccc(OCCCN(CC)CC)cc2)nn1-c1ccc(-c2ccc(C(F)(F)F)cc2)cc1. The second-order valence-electron chi connectivity index (χ2n) is 9.74. The van der Waals surface area contributed by atoms with E-state index in [-0.39, 0.29) is 0 Å². The van der Waals surface area contributed by atoms with Crippen LogP contribution in [0.2, 0.25) is 0 Å². The van der Waals surface area contributed by atoms with Crippen LogP contribution >= 0.6 is 0 Å². The third-order valence-corrected chi connectivity index (χ3v) is 6.98. The van der Waals surface area contributed by atoms with Gasteiger partial charge in [-0.2, -0.15) is 13.2 Å². The van der Waals surface area contributed by atoms with Gasteiger partial charge in [0, 0.05) is 18.5 Å². The molecule has 8 heteroatoms. The largest absolute Gasteiger partial charge is 0.494 e. The predicted molar refractivity (Wildman–Crippen MR) is 154 cm³/mol. The number of hydrogen-bond donors (Lipinski definition) is 0. The third kappa shape index (κ3) is 7.50. The number of alkyl halides is 3. The van der Waals surface area contributed by atoms with Gasteiger partial charge < -0.3 is 9.64 Å². The van der Waals surface area contributed by atoms with Crippen molar-refractivity contribution in [1.82, 2.24) is 19.7 Å². The highest BCUT2D eigenvalue weighted by Crippen LogP contribution is 2.31. The Bertz CT molecular complexity index is 1330. The maximum atomic E-state index is 12.9. The van der Waals surface area contributed by atoms with Crippen molar-refractivity contribution in [3.05, 3.63) is 84.2 Å². The van der Waals surface area contributed by atoms with Gasteiger partial charge in [0.05, 0.1) is 17.9 Å². The van der Waals surface area contributed by atoms with E-state index in [1.54, 1.807) is 0 Å². The molecule has 5 nitrogen and oxygen atoms in total. The molecule has 0 aliphatic heterocycles. The summed E-state index contributed by atoms with van der Waals surface area (Å²) in [5, 5.41) is 4.82. The summed E-state index contributed by atoms with van der Waals surface area (Å²) >= 11 is 0. The van der Waals surface area contributed by atoms with Crippen molar-refractivity contribution in [1.29, 1.82) is 0 Å². The van der Waals surface area contributed by atoms with E-state index in [1.165, 1.54) is 12.1 Å². The Morgan fingerprint density at radius 3 is 1.95 bits per heavy atom. The standard InChI is InChI=1S/C32H37F3N4O/c1-4-7-9-30-36-31(26-14-20-29(21-15-26)40-23-8-22-38(5-2)6-3)37-39(30)28-18-12-25(13-19-28)24-10-16-27(17-11-24)32(33,34)35/h10-21H,4-9,22-23H2,1-3H3. The number of halogens is 3. The number of hydrogen-bond acceptors (Lipinski definition) is 4. The minimum atomic E-state index is -4.35. The van der Waals surface area contributed by atoms with Crippen LogP contribution in [-0.4, -0.2) is 45.9 Å². The van der Waals surface area contributed by atoms with Crippen LogP contribution in [0.25, 0.3) is 28.2 Å². The quantitative estimate of drug-likeness (QED) is 0.158. The Morgan fingerprint density at radius 1 is 0.775 bits per heavy atom. The monoisotopic (exact) mass is 550 g/mol. The molecular weight excluding hydrogens is 513 g/mol. The van der Waals surface area contributed by atoms with E-state index >= 15 is 0 Å². The summed E-state index contributed by atoms with van der Waals surface area (Å²) in [6, 6.07) is 20.7. The van der Waals surface area contributed by atoms with Crippen molar-refractivity contribution >= 4 is 0 Å². The van der Waals surface area contributed by atoms with E-state index in [2.05, 4.69) is 25.7 Å². The Kier molecular flexibility index (Phi) is 9.98. The molecule has 0 radical (unpaired) electrons.